The molecule has 127 heavy (non-hydrogen) atoms. The van der Waals surface area contributed by atoms with Crippen LogP contribution in [0.1, 0.15) is 215 Å². The Hall–Kier alpha value is -7.19. The Morgan fingerprint density at radius 2 is 0.843 bits per heavy atom. The Morgan fingerprint density at radius 1 is 0.496 bits per heavy atom. The SMILES string of the molecule is C.COC1CCC2(CC1)Cc1ccc(CCC3CC3)cc1C21N=C(N)N(Cc2ccc(S(C)(=O)=O)cc2)C1=O.COC1CCC2(CC1)Cc1ccc(CCC3CC3)cc1C21N=C(SCc2ccccc2)N(Cc2ccccc2)C1=O.COC1CCC2(CC1)Cc1ccc(CCC3CC3)cc1C21NC(=S)NC1=O.CS(=O)(=O)c1ccc(CBr)cc1.CS(=O)[O-].CS(=O)[O-]. The number of carbonyl (C=O) groups excluding carboxylic acids is 3. The van der Waals surface area contributed by atoms with Gasteiger partial charge >= 0.3 is 0 Å². The number of amides is 3. The molecule has 6 saturated carbocycles. The number of aryl methyl sites for hydroxylation is 3. The van der Waals surface area contributed by atoms with Crippen LogP contribution in [0.15, 0.2) is 184 Å². The number of ether oxygens (including phenoxy) is 3. The van der Waals surface area contributed by atoms with Crippen LogP contribution in [0.2, 0.25) is 0 Å². The number of benzene rings is 7. The van der Waals surface area contributed by atoms with Crippen LogP contribution in [0.4, 0.5) is 0 Å². The molecule has 7 fully saturated rings. The summed E-state index contributed by atoms with van der Waals surface area (Å²) in [6, 6.07) is 55.0. The van der Waals surface area contributed by atoms with E-state index >= 15 is 4.79 Å². The number of hydrogen-bond acceptors (Lipinski definition) is 19. The second-order valence-corrected chi connectivity index (χ2v) is 44.4. The van der Waals surface area contributed by atoms with Gasteiger partial charge in [-0.25, -0.2) is 26.8 Å². The van der Waals surface area contributed by atoms with Gasteiger partial charge in [0.05, 0.1) is 41.2 Å². The minimum atomic E-state index is -3.30. The molecular weight excluding hydrogens is 1780 g/mol. The predicted octanol–water partition coefficient (Wildman–Crippen LogP) is 16.8. The van der Waals surface area contributed by atoms with Crippen molar-refractivity contribution in [1.29, 1.82) is 0 Å². The number of nitrogens with zero attached hydrogens (tertiary/aromatic N) is 4. The zero-order valence-corrected chi connectivity index (χ0v) is 79.9. The highest BCUT2D eigenvalue weighted by Gasteiger charge is 2.69. The highest BCUT2D eigenvalue weighted by Crippen LogP contribution is 2.65. The van der Waals surface area contributed by atoms with E-state index in [0.717, 1.165) is 184 Å². The molecule has 1 saturated heterocycles. The van der Waals surface area contributed by atoms with Gasteiger partial charge in [-0.05, 0) is 274 Å². The summed E-state index contributed by atoms with van der Waals surface area (Å²) < 4.78 is 98.9. The van der Waals surface area contributed by atoms with Gasteiger partial charge in [-0.3, -0.25) is 32.6 Å². The van der Waals surface area contributed by atoms with Crippen molar-refractivity contribution in [2.24, 2.45) is 49.7 Å². The van der Waals surface area contributed by atoms with Crippen LogP contribution in [0, 0.1) is 34.0 Å². The maximum atomic E-state index is 15.1. The molecule has 0 radical (unpaired) electrons. The van der Waals surface area contributed by atoms with Crippen LogP contribution in [-0.2, 0) is 150 Å². The fourth-order valence-corrected chi connectivity index (χ4v) is 24.0. The second kappa shape index (κ2) is 41.3. The number of thiocarbonyl (C=S) groups is 1. The lowest BCUT2D eigenvalue weighted by Gasteiger charge is -2.46. The number of thioether (sulfide) groups is 1. The number of alkyl halides is 1. The van der Waals surface area contributed by atoms with Crippen molar-refractivity contribution >= 4 is 116 Å². The average molecular weight is 1910 g/mol. The molecule has 12 aliphatic rings. The molecule has 9 aliphatic carbocycles. The number of nitrogens with two attached hydrogens (primary N) is 1. The molecular formula is C99H124BrN7O14S6-2. The molecule has 19 rings (SSSR count). The number of rotatable bonds is 21. The van der Waals surface area contributed by atoms with Crippen LogP contribution in [0.5, 0.6) is 0 Å². The maximum Gasteiger partial charge on any atom is 0.262 e. The quantitative estimate of drug-likeness (QED) is 0.0342. The number of nitrogens with one attached hydrogen (secondary N) is 2. The first-order valence-corrected chi connectivity index (χ1v) is 53.6. The van der Waals surface area contributed by atoms with Crippen LogP contribution in [0.3, 0.4) is 0 Å². The zero-order valence-electron chi connectivity index (χ0n) is 73.4. The van der Waals surface area contributed by atoms with Gasteiger partial charge in [-0.1, -0.05) is 235 Å². The fraction of sp³-hybridized carbons (Fsp3) is 0.515. The number of sulfone groups is 2. The van der Waals surface area contributed by atoms with Crippen molar-refractivity contribution < 1.29 is 63.0 Å². The summed E-state index contributed by atoms with van der Waals surface area (Å²) in [5.41, 5.74) is 18.8. The van der Waals surface area contributed by atoms with Gasteiger partial charge in [-0.2, -0.15) is 0 Å². The summed E-state index contributed by atoms with van der Waals surface area (Å²) >= 11 is 6.67. The average Bonchev–Trinajstić information content (AvgIpc) is 1.53. The summed E-state index contributed by atoms with van der Waals surface area (Å²) in [5.74, 6) is 3.85. The van der Waals surface area contributed by atoms with Crippen molar-refractivity contribution in [1.82, 2.24) is 20.4 Å². The summed E-state index contributed by atoms with van der Waals surface area (Å²) in [7, 11) is -0.951. The topological polar surface area (TPSA) is 309 Å². The normalized spacial score (nSPS) is 26.8. The van der Waals surface area contributed by atoms with Crippen LogP contribution < -0.4 is 16.4 Å². The van der Waals surface area contributed by atoms with Crippen molar-refractivity contribution in [3.8, 4) is 0 Å². The van der Waals surface area contributed by atoms with Crippen LogP contribution in [-0.4, -0.2) is 143 Å². The molecule has 21 nitrogen and oxygen atoms in total. The minimum Gasteiger partial charge on any atom is -0.773 e. The summed E-state index contributed by atoms with van der Waals surface area (Å²) in [6.45, 7) is 0.808. The number of guanidine groups is 1. The van der Waals surface area contributed by atoms with E-state index in [1.54, 1.807) is 79.4 Å². The number of methoxy groups -OCH3 is 3. The van der Waals surface area contributed by atoms with E-state index in [0.29, 0.717) is 22.7 Å². The highest BCUT2D eigenvalue weighted by molar-refractivity contribution is 9.08. The van der Waals surface area contributed by atoms with E-state index in [1.165, 1.54) is 120 Å². The van der Waals surface area contributed by atoms with Crippen molar-refractivity contribution in [3.05, 3.63) is 236 Å². The standard InChI is InChI=1S/C36H40N2O2S.C30H37N3O4S.C22H28N2O2S.C8H9BrO2S.2CH4O2S.CH4/c1-40-31-18-20-35(21-19-31)23-30-17-16-27(15-14-26-12-13-26)22-32(30)36(35)33(39)38(24-28-8-4-2-5-9-28)34(37-36)41-25-29-10-6-3-7-11-29;1-37-24-13-15-29(16-14-24)18-23-10-7-21(6-5-20-3-4-20)17-26(23)30(29)27(34)33(28(31)32-30)19-22-8-11-25(12-9-22)38(2,35)36;1-26-17-8-10-21(11-9-17)13-16-7-6-15(5-4-14-2-3-14)12-18(16)22(21)19(25)23-20(27)24-22;1-12(10,11)8-4-2-7(6-9)3-5-8;2*1-4(2)3;/h2-11,16-17,22,26,31H,12-15,18-21,23-25H2,1H3;7-12,17,20,24H,3-6,13-16,18-19H2,1-2H3,(H2,31,32);6-7,12,14,17H,2-5,8-11,13H2,1H3,(H2,23,24,25,27);2-5H,6H2,1H3;2*1H3,(H,2,3);1H4/p-2. The molecule has 0 aromatic heterocycles. The third kappa shape index (κ3) is 21.6. The van der Waals surface area contributed by atoms with Crippen molar-refractivity contribution in [2.45, 2.75) is 250 Å². The molecule has 5 unspecified atom stereocenters. The number of amidine groups is 1. The maximum absolute atomic E-state index is 15.1. The Labute approximate surface area is 774 Å². The summed E-state index contributed by atoms with van der Waals surface area (Å²) in [5, 5.41) is 8.47. The first-order chi connectivity index (χ1) is 60.3. The third-order valence-corrected chi connectivity index (χ3v) is 32.7. The number of hydrogen-bond donors (Lipinski definition) is 3. The van der Waals surface area contributed by atoms with Gasteiger partial charge in [0.25, 0.3) is 17.7 Å². The highest BCUT2D eigenvalue weighted by atomic mass is 79.9. The van der Waals surface area contributed by atoms with Crippen molar-refractivity contribution in [3.63, 3.8) is 0 Å². The Morgan fingerprint density at radius 3 is 1.23 bits per heavy atom. The molecule has 684 valence electrons. The van der Waals surface area contributed by atoms with Gasteiger partial charge in [0, 0.05) is 61.2 Å². The molecule has 7 aromatic carbocycles. The van der Waals surface area contributed by atoms with Crippen LogP contribution in [0.25, 0.3) is 0 Å². The lowest BCUT2D eigenvalue weighted by Crippen LogP contribution is -2.56. The van der Waals surface area contributed by atoms with E-state index in [4.69, 9.17) is 59.7 Å². The zero-order chi connectivity index (χ0) is 89.6. The smallest absolute Gasteiger partial charge is 0.262 e. The molecule has 0 bridgehead atoms. The van der Waals surface area contributed by atoms with Crippen LogP contribution >= 0.6 is 39.9 Å². The number of halogens is 1. The summed E-state index contributed by atoms with van der Waals surface area (Å²) in [4.78, 5) is 57.9. The van der Waals surface area contributed by atoms with Gasteiger partial charge in [0.1, 0.15) is 0 Å². The monoisotopic (exact) mass is 1910 g/mol. The largest absolute Gasteiger partial charge is 0.773 e. The van der Waals surface area contributed by atoms with Crippen molar-refractivity contribution in [2.75, 3.05) is 46.4 Å². The number of aliphatic imine (C=N–C) groups is 2. The Balaban J connectivity index is 0.000000148. The summed E-state index contributed by atoms with van der Waals surface area (Å²) in [6.07, 6.45) is 34.5. The van der Waals surface area contributed by atoms with E-state index in [1.807, 2.05) is 18.1 Å². The van der Waals surface area contributed by atoms with E-state index in [9.17, 15) is 26.4 Å². The molecule has 3 heterocycles. The minimum absolute atomic E-state index is 0. The molecule has 3 aliphatic heterocycles. The molecule has 7 aromatic rings. The van der Waals surface area contributed by atoms with E-state index < -0.39 is 58.5 Å². The van der Waals surface area contributed by atoms with E-state index in [-0.39, 0.29) is 71.0 Å². The number of fused-ring (bicyclic) bond motifs is 9. The number of carbonyl (C=O) groups is 3. The Kier molecular flexibility index (Phi) is 31.7. The first-order valence-electron chi connectivity index (χ1n) is 44.4. The predicted molar refractivity (Wildman–Crippen MR) is 510 cm³/mol. The Bertz CT molecular complexity index is 5420. The molecule has 6 spiro atoms. The first kappa shape index (κ1) is 97.3. The van der Waals surface area contributed by atoms with Gasteiger partial charge in [-0.15, -0.1) is 0 Å². The van der Waals surface area contributed by atoms with Gasteiger partial charge in [0.15, 0.2) is 52.5 Å². The third-order valence-electron chi connectivity index (χ3n) is 28.5. The van der Waals surface area contributed by atoms with Gasteiger partial charge < -0.3 is 39.7 Å². The van der Waals surface area contributed by atoms with E-state index in [2.05, 4.69) is 136 Å². The lowest BCUT2D eigenvalue weighted by molar-refractivity contribution is -0.139. The van der Waals surface area contributed by atoms with Gasteiger partial charge in [0.2, 0.25) is 0 Å². The molecule has 4 N–H and O–H groups in total. The second-order valence-electron chi connectivity index (χ2n) is 36.9. The fourth-order valence-electron chi connectivity index (χ4n) is 21.2. The molecule has 28 heteroatoms. The lowest BCUT2D eigenvalue weighted by atomic mass is 9.61. The molecule has 3 amide bonds. The molecule has 5 atom stereocenters.